The van der Waals surface area contributed by atoms with E-state index in [0.717, 1.165) is 6.42 Å². The van der Waals surface area contributed by atoms with Crippen molar-refractivity contribution in [3.63, 3.8) is 0 Å². The number of hydrogen-bond acceptors (Lipinski definition) is 3. The highest BCUT2D eigenvalue weighted by Crippen LogP contribution is 1.98. The van der Waals surface area contributed by atoms with E-state index in [9.17, 15) is 9.59 Å². The maximum absolute atomic E-state index is 11.7. The lowest BCUT2D eigenvalue weighted by Gasteiger charge is -2.22. The molecule has 0 fully saturated rings. The summed E-state index contributed by atoms with van der Waals surface area (Å²) in [6.07, 6.45) is 0.992. The van der Waals surface area contributed by atoms with E-state index in [1.807, 2.05) is 13.8 Å². The van der Waals surface area contributed by atoms with E-state index in [-0.39, 0.29) is 17.7 Å². The van der Waals surface area contributed by atoms with Crippen molar-refractivity contribution < 1.29 is 9.59 Å². The van der Waals surface area contributed by atoms with Crippen LogP contribution < -0.4 is 10.6 Å². The Morgan fingerprint density at radius 2 is 1.88 bits per heavy atom. The molecule has 0 aliphatic rings. The van der Waals surface area contributed by atoms with Crippen LogP contribution in [0.25, 0.3) is 0 Å². The van der Waals surface area contributed by atoms with E-state index >= 15 is 0 Å². The Bertz CT molecular complexity index is 256. The Labute approximate surface area is 104 Å². The summed E-state index contributed by atoms with van der Waals surface area (Å²) < 4.78 is 0. The van der Waals surface area contributed by atoms with Crippen molar-refractivity contribution in [1.82, 2.24) is 15.5 Å². The van der Waals surface area contributed by atoms with Gasteiger partial charge in [0.05, 0.1) is 12.5 Å². The van der Waals surface area contributed by atoms with Crippen LogP contribution in [0.5, 0.6) is 0 Å². The standard InChI is InChI=1S/C12H25N3O2/c1-6-10(3)14-7-11(16)15(5)8-9(2)12(17)13-4/h9-10,14H,6-8H2,1-5H3,(H,13,17). The maximum atomic E-state index is 11.7. The van der Waals surface area contributed by atoms with E-state index in [2.05, 4.69) is 17.6 Å². The van der Waals surface area contributed by atoms with Crippen molar-refractivity contribution in [2.45, 2.75) is 33.2 Å². The van der Waals surface area contributed by atoms with Crippen LogP contribution in [0, 0.1) is 5.92 Å². The lowest BCUT2D eigenvalue weighted by atomic mass is 10.1. The summed E-state index contributed by atoms with van der Waals surface area (Å²) in [6, 6.07) is 0.337. The number of amides is 2. The molecule has 5 heteroatoms. The summed E-state index contributed by atoms with van der Waals surface area (Å²) in [5.74, 6) is -0.210. The first-order valence-corrected chi connectivity index (χ1v) is 6.11. The molecule has 0 spiro atoms. The minimum absolute atomic E-state index is 0.0149. The Morgan fingerprint density at radius 1 is 1.29 bits per heavy atom. The van der Waals surface area contributed by atoms with Crippen LogP contribution in [-0.2, 0) is 9.59 Å². The van der Waals surface area contributed by atoms with E-state index in [1.54, 1.807) is 19.0 Å². The molecule has 0 aliphatic heterocycles. The lowest BCUT2D eigenvalue weighted by molar-refractivity contribution is -0.131. The van der Waals surface area contributed by atoms with Gasteiger partial charge in [0, 0.05) is 26.7 Å². The van der Waals surface area contributed by atoms with E-state index in [1.165, 1.54) is 0 Å². The first-order chi connectivity index (χ1) is 7.92. The van der Waals surface area contributed by atoms with Gasteiger partial charge in [-0.05, 0) is 13.3 Å². The molecule has 0 rings (SSSR count). The second-order valence-corrected chi connectivity index (χ2v) is 4.48. The third kappa shape index (κ3) is 6.26. The Morgan fingerprint density at radius 3 is 2.35 bits per heavy atom. The maximum Gasteiger partial charge on any atom is 0.236 e. The summed E-state index contributed by atoms with van der Waals surface area (Å²) in [6.45, 7) is 6.69. The highest BCUT2D eigenvalue weighted by Gasteiger charge is 2.17. The molecule has 0 saturated carbocycles. The fourth-order valence-corrected chi connectivity index (χ4v) is 1.38. The van der Waals surface area contributed by atoms with Gasteiger partial charge in [0.25, 0.3) is 0 Å². The number of likely N-dealkylation sites (N-methyl/N-ethyl adjacent to an activating group) is 1. The molecular weight excluding hydrogens is 218 g/mol. The predicted octanol–water partition coefficient (Wildman–Crippen LogP) is 0.215. The predicted molar refractivity (Wildman–Crippen MR) is 68.6 cm³/mol. The molecule has 2 amide bonds. The van der Waals surface area contributed by atoms with Crippen LogP contribution in [-0.4, -0.2) is 49.9 Å². The van der Waals surface area contributed by atoms with Crippen LogP contribution in [0.4, 0.5) is 0 Å². The topological polar surface area (TPSA) is 61.4 Å². The molecule has 0 aromatic heterocycles. The normalized spacial score (nSPS) is 13.9. The fourth-order valence-electron chi connectivity index (χ4n) is 1.38. The second kappa shape index (κ2) is 8.06. The van der Waals surface area contributed by atoms with Crippen molar-refractivity contribution in [3.8, 4) is 0 Å². The molecule has 0 aromatic carbocycles. The average molecular weight is 243 g/mol. The van der Waals surface area contributed by atoms with Crippen molar-refractivity contribution in [2.75, 3.05) is 27.2 Å². The highest BCUT2D eigenvalue weighted by molar-refractivity contribution is 5.81. The fraction of sp³-hybridized carbons (Fsp3) is 0.833. The molecule has 100 valence electrons. The van der Waals surface area contributed by atoms with E-state index in [0.29, 0.717) is 19.1 Å². The van der Waals surface area contributed by atoms with Crippen molar-refractivity contribution in [2.24, 2.45) is 5.92 Å². The molecular formula is C12H25N3O2. The SMILES string of the molecule is CCC(C)NCC(=O)N(C)CC(C)C(=O)NC. The molecule has 5 nitrogen and oxygen atoms in total. The van der Waals surface area contributed by atoms with Gasteiger partial charge < -0.3 is 15.5 Å². The van der Waals surface area contributed by atoms with Crippen LogP contribution in [0.2, 0.25) is 0 Å². The number of rotatable bonds is 7. The van der Waals surface area contributed by atoms with Gasteiger partial charge in [-0.25, -0.2) is 0 Å². The van der Waals surface area contributed by atoms with Crippen LogP contribution in [0.3, 0.4) is 0 Å². The quantitative estimate of drug-likeness (QED) is 0.672. The summed E-state index contributed by atoms with van der Waals surface area (Å²) in [5, 5.41) is 5.71. The first kappa shape index (κ1) is 15.9. The molecule has 2 unspecified atom stereocenters. The van der Waals surface area contributed by atoms with E-state index in [4.69, 9.17) is 0 Å². The molecule has 0 radical (unpaired) electrons. The van der Waals surface area contributed by atoms with Gasteiger partial charge in [-0.1, -0.05) is 13.8 Å². The molecule has 0 aliphatic carbocycles. The summed E-state index contributed by atoms with van der Waals surface area (Å²) >= 11 is 0. The smallest absolute Gasteiger partial charge is 0.236 e. The molecule has 0 bridgehead atoms. The second-order valence-electron chi connectivity index (χ2n) is 4.48. The van der Waals surface area contributed by atoms with Crippen LogP contribution >= 0.6 is 0 Å². The third-order valence-corrected chi connectivity index (χ3v) is 2.88. The monoisotopic (exact) mass is 243 g/mol. The van der Waals surface area contributed by atoms with Gasteiger partial charge in [-0.2, -0.15) is 0 Å². The van der Waals surface area contributed by atoms with Crippen molar-refractivity contribution in [1.29, 1.82) is 0 Å². The number of carbonyl (C=O) groups is 2. The number of carbonyl (C=O) groups excluding carboxylic acids is 2. The van der Waals surface area contributed by atoms with Gasteiger partial charge in [0.15, 0.2) is 0 Å². The van der Waals surface area contributed by atoms with Crippen molar-refractivity contribution in [3.05, 3.63) is 0 Å². The zero-order valence-electron chi connectivity index (χ0n) is 11.5. The minimum atomic E-state index is -0.183. The van der Waals surface area contributed by atoms with Gasteiger partial charge in [-0.3, -0.25) is 9.59 Å². The largest absolute Gasteiger partial charge is 0.359 e. The minimum Gasteiger partial charge on any atom is -0.359 e. The van der Waals surface area contributed by atoms with Gasteiger partial charge >= 0.3 is 0 Å². The Hall–Kier alpha value is -1.10. The van der Waals surface area contributed by atoms with Crippen molar-refractivity contribution >= 4 is 11.8 Å². The Balaban J connectivity index is 4.01. The third-order valence-electron chi connectivity index (χ3n) is 2.88. The van der Waals surface area contributed by atoms with Gasteiger partial charge in [-0.15, -0.1) is 0 Å². The van der Waals surface area contributed by atoms with Gasteiger partial charge in [0.2, 0.25) is 11.8 Å². The summed E-state index contributed by atoms with van der Waals surface area (Å²) in [5.41, 5.74) is 0. The number of nitrogens with zero attached hydrogens (tertiary/aromatic N) is 1. The molecule has 0 saturated heterocycles. The lowest BCUT2D eigenvalue weighted by Crippen LogP contribution is -2.42. The first-order valence-electron chi connectivity index (χ1n) is 6.11. The van der Waals surface area contributed by atoms with Gasteiger partial charge in [0.1, 0.15) is 0 Å². The zero-order valence-corrected chi connectivity index (χ0v) is 11.5. The molecule has 17 heavy (non-hydrogen) atoms. The number of nitrogens with one attached hydrogen (secondary N) is 2. The molecule has 2 atom stereocenters. The highest BCUT2D eigenvalue weighted by atomic mass is 16.2. The summed E-state index contributed by atoms with van der Waals surface area (Å²) in [7, 11) is 3.32. The molecule has 2 N–H and O–H groups in total. The van der Waals surface area contributed by atoms with Crippen LogP contribution in [0.15, 0.2) is 0 Å². The van der Waals surface area contributed by atoms with E-state index < -0.39 is 0 Å². The Kier molecular flexibility index (Phi) is 7.54. The average Bonchev–Trinajstić information content (AvgIpc) is 2.33. The number of hydrogen-bond donors (Lipinski definition) is 2. The zero-order chi connectivity index (χ0) is 13.4. The molecule has 0 aromatic rings. The van der Waals surface area contributed by atoms with Crippen LogP contribution in [0.1, 0.15) is 27.2 Å². The summed E-state index contributed by atoms with van der Waals surface area (Å²) in [4.78, 5) is 24.7. The molecule has 0 heterocycles.